The normalized spacial score (nSPS) is 16.9. The number of nitrogens with zero attached hydrogens (tertiary/aromatic N) is 1. The maximum absolute atomic E-state index is 11.6. The standard InChI is InChI=1S/C10H18N2O3S/c1-12(7-2-3-7)9(13)6-16-5-4-8(11)10(14)15/h7-8H,2-6,11H2,1H3,(H,14,15). The van der Waals surface area contributed by atoms with E-state index in [9.17, 15) is 9.59 Å². The molecule has 1 rings (SSSR count). The molecule has 1 saturated carbocycles. The number of hydrogen-bond donors (Lipinski definition) is 2. The lowest BCUT2D eigenvalue weighted by Gasteiger charge is -2.15. The Kier molecular flexibility index (Phi) is 5.08. The van der Waals surface area contributed by atoms with Crippen LogP contribution in [0.3, 0.4) is 0 Å². The number of hydrogen-bond acceptors (Lipinski definition) is 4. The monoisotopic (exact) mass is 246 g/mol. The topological polar surface area (TPSA) is 83.6 Å². The van der Waals surface area contributed by atoms with Gasteiger partial charge in [-0.05, 0) is 25.0 Å². The van der Waals surface area contributed by atoms with Crippen LogP contribution in [0.1, 0.15) is 19.3 Å². The number of rotatable bonds is 7. The van der Waals surface area contributed by atoms with Crippen LogP contribution >= 0.6 is 11.8 Å². The maximum Gasteiger partial charge on any atom is 0.320 e. The van der Waals surface area contributed by atoms with E-state index in [-0.39, 0.29) is 5.91 Å². The van der Waals surface area contributed by atoms with Gasteiger partial charge in [-0.15, -0.1) is 0 Å². The summed E-state index contributed by atoms with van der Waals surface area (Å²) >= 11 is 1.45. The summed E-state index contributed by atoms with van der Waals surface area (Å²) < 4.78 is 0. The first-order chi connectivity index (χ1) is 7.52. The molecule has 0 aromatic heterocycles. The smallest absolute Gasteiger partial charge is 0.320 e. The number of amides is 1. The summed E-state index contributed by atoms with van der Waals surface area (Å²) in [7, 11) is 1.82. The van der Waals surface area contributed by atoms with Crippen molar-refractivity contribution >= 4 is 23.6 Å². The zero-order valence-electron chi connectivity index (χ0n) is 9.39. The van der Waals surface area contributed by atoms with E-state index in [1.54, 1.807) is 4.90 Å². The zero-order chi connectivity index (χ0) is 12.1. The van der Waals surface area contributed by atoms with Crippen molar-refractivity contribution in [3.63, 3.8) is 0 Å². The van der Waals surface area contributed by atoms with E-state index in [0.717, 1.165) is 12.8 Å². The molecule has 1 unspecified atom stereocenters. The molecule has 3 N–H and O–H groups in total. The minimum absolute atomic E-state index is 0.122. The summed E-state index contributed by atoms with van der Waals surface area (Å²) in [5.74, 6) is 0.162. The van der Waals surface area contributed by atoms with Crippen molar-refractivity contribution in [1.29, 1.82) is 0 Å². The van der Waals surface area contributed by atoms with E-state index >= 15 is 0 Å². The Balaban J connectivity index is 2.06. The molecule has 1 aliphatic carbocycles. The molecule has 0 saturated heterocycles. The maximum atomic E-state index is 11.6. The molecule has 6 heteroatoms. The predicted octanol–water partition coefficient (Wildman–Crippen LogP) is 0.142. The quantitative estimate of drug-likeness (QED) is 0.624. The molecular weight excluding hydrogens is 228 g/mol. The molecule has 0 radical (unpaired) electrons. The average Bonchev–Trinajstić information content (AvgIpc) is 3.06. The summed E-state index contributed by atoms with van der Waals surface area (Å²) in [5.41, 5.74) is 5.34. The molecule has 1 atom stereocenters. The lowest BCUT2D eigenvalue weighted by molar-refractivity contribution is -0.138. The number of aliphatic carboxylic acids is 1. The van der Waals surface area contributed by atoms with Crippen LogP contribution in [0.15, 0.2) is 0 Å². The number of carbonyl (C=O) groups excluding carboxylic acids is 1. The number of nitrogens with two attached hydrogens (primary N) is 1. The van der Waals surface area contributed by atoms with Crippen LogP contribution in [0, 0.1) is 0 Å². The third-order valence-corrected chi connectivity index (χ3v) is 3.58. The summed E-state index contributed by atoms with van der Waals surface area (Å²) in [6, 6.07) is -0.377. The van der Waals surface area contributed by atoms with E-state index in [4.69, 9.17) is 10.8 Å². The van der Waals surface area contributed by atoms with Crippen LogP contribution in [0.5, 0.6) is 0 Å². The van der Waals surface area contributed by atoms with Crippen molar-refractivity contribution in [3.8, 4) is 0 Å². The van der Waals surface area contributed by atoms with E-state index in [1.807, 2.05) is 7.05 Å². The number of carbonyl (C=O) groups is 2. The van der Waals surface area contributed by atoms with Crippen LogP contribution < -0.4 is 5.73 Å². The molecule has 0 spiro atoms. The highest BCUT2D eigenvalue weighted by Crippen LogP contribution is 2.25. The van der Waals surface area contributed by atoms with Crippen LogP contribution in [0.25, 0.3) is 0 Å². The largest absolute Gasteiger partial charge is 0.480 e. The molecule has 1 fully saturated rings. The van der Waals surface area contributed by atoms with Gasteiger partial charge in [0, 0.05) is 13.1 Å². The van der Waals surface area contributed by atoms with Crippen LogP contribution in [-0.2, 0) is 9.59 Å². The fourth-order valence-corrected chi connectivity index (χ4v) is 2.20. The first kappa shape index (κ1) is 13.3. The summed E-state index contributed by atoms with van der Waals surface area (Å²) in [4.78, 5) is 23.8. The second kappa shape index (κ2) is 6.10. The Labute approximate surface area is 99.4 Å². The van der Waals surface area contributed by atoms with Crippen molar-refractivity contribution in [3.05, 3.63) is 0 Å². The summed E-state index contributed by atoms with van der Waals surface area (Å²) in [6.45, 7) is 0. The fraction of sp³-hybridized carbons (Fsp3) is 0.800. The Morgan fingerprint density at radius 1 is 1.56 bits per heavy atom. The summed E-state index contributed by atoms with van der Waals surface area (Å²) in [6.07, 6.45) is 2.62. The molecule has 0 bridgehead atoms. The Bertz CT molecular complexity index is 269. The first-order valence-electron chi connectivity index (χ1n) is 5.34. The number of carboxylic acids is 1. The van der Waals surface area contributed by atoms with Crippen LogP contribution in [-0.4, -0.2) is 52.5 Å². The molecule has 1 aliphatic rings. The third kappa shape index (κ3) is 4.40. The van der Waals surface area contributed by atoms with E-state index < -0.39 is 12.0 Å². The minimum Gasteiger partial charge on any atom is -0.480 e. The highest BCUT2D eigenvalue weighted by Gasteiger charge is 2.29. The van der Waals surface area contributed by atoms with E-state index in [0.29, 0.717) is 24.0 Å². The van der Waals surface area contributed by atoms with Gasteiger partial charge >= 0.3 is 5.97 Å². The second-order valence-electron chi connectivity index (χ2n) is 4.02. The van der Waals surface area contributed by atoms with Gasteiger partial charge in [0.15, 0.2) is 0 Å². The van der Waals surface area contributed by atoms with Crippen molar-refractivity contribution in [1.82, 2.24) is 4.90 Å². The lowest BCUT2D eigenvalue weighted by Crippen LogP contribution is -2.32. The van der Waals surface area contributed by atoms with Crippen molar-refractivity contribution < 1.29 is 14.7 Å². The SMILES string of the molecule is CN(C(=O)CSCCC(N)C(=O)O)C1CC1. The van der Waals surface area contributed by atoms with E-state index in [2.05, 4.69) is 0 Å². The molecule has 1 amide bonds. The first-order valence-corrected chi connectivity index (χ1v) is 6.49. The lowest BCUT2D eigenvalue weighted by atomic mass is 10.2. The van der Waals surface area contributed by atoms with Gasteiger partial charge in [-0.3, -0.25) is 9.59 Å². The average molecular weight is 246 g/mol. The fourth-order valence-electron chi connectivity index (χ4n) is 1.26. The highest BCUT2D eigenvalue weighted by molar-refractivity contribution is 7.99. The van der Waals surface area contributed by atoms with Gasteiger partial charge in [-0.2, -0.15) is 11.8 Å². The minimum atomic E-state index is -0.984. The number of thioether (sulfide) groups is 1. The van der Waals surface area contributed by atoms with Gasteiger partial charge in [0.1, 0.15) is 6.04 Å². The van der Waals surface area contributed by atoms with Crippen molar-refractivity contribution in [2.45, 2.75) is 31.3 Å². The molecule has 0 aromatic rings. The molecular formula is C10H18N2O3S. The Morgan fingerprint density at radius 2 is 2.19 bits per heavy atom. The Morgan fingerprint density at radius 3 is 2.69 bits per heavy atom. The molecule has 92 valence electrons. The molecule has 5 nitrogen and oxygen atoms in total. The van der Waals surface area contributed by atoms with Gasteiger partial charge in [0.25, 0.3) is 0 Å². The molecule has 16 heavy (non-hydrogen) atoms. The summed E-state index contributed by atoms with van der Waals surface area (Å²) in [5, 5.41) is 8.55. The van der Waals surface area contributed by atoms with Crippen LogP contribution in [0.4, 0.5) is 0 Å². The predicted molar refractivity (Wildman–Crippen MR) is 63.3 cm³/mol. The molecule has 0 aromatic carbocycles. The van der Waals surface area contributed by atoms with E-state index in [1.165, 1.54) is 11.8 Å². The zero-order valence-corrected chi connectivity index (χ0v) is 10.2. The van der Waals surface area contributed by atoms with Gasteiger partial charge in [-0.1, -0.05) is 0 Å². The van der Waals surface area contributed by atoms with Crippen LogP contribution in [0.2, 0.25) is 0 Å². The van der Waals surface area contributed by atoms with Crippen molar-refractivity contribution in [2.75, 3.05) is 18.6 Å². The highest BCUT2D eigenvalue weighted by atomic mass is 32.2. The van der Waals surface area contributed by atoms with Gasteiger partial charge in [0.05, 0.1) is 5.75 Å². The Hall–Kier alpha value is -0.750. The van der Waals surface area contributed by atoms with Gasteiger partial charge < -0.3 is 15.7 Å². The van der Waals surface area contributed by atoms with Gasteiger partial charge in [-0.25, -0.2) is 0 Å². The van der Waals surface area contributed by atoms with Crippen molar-refractivity contribution in [2.24, 2.45) is 5.73 Å². The second-order valence-corrected chi connectivity index (χ2v) is 5.13. The molecule has 0 aliphatic heterocycles. The van der Waals surface area contributed by atoms with Gasteiger partial charge in [0.2, 0.25) is 5.91 Å². The molecule has 0 heterocycles. The number of carboxylic acid groups (broad SMARTS) is 1. The third-order valence-electron chi connectivity index (χ3n) is 2.60.